The fourth-order valence-electron chi connectivity index (χ4n) is 2.39. The highest BCUT2D eigenvalue weighted by atomic mass is 35.5. The van der Waals surface area contributed by atoms with E-state index in [0.29, 0.717) is 5.02 Å². The highest BCUT2D eigenvalue weighted by molar-refractivity contribution is 6.36. The fraction of sp³-hybridized carbons (Fsp3) is 0.300. The van der Waals surface area contributed by atoms with Crippen LogP contribution >= 0.6 is 23.2 Å². The first kappa shape index (κ1) is 20.3. The molecule has 0 saturated heterocycles. The number of rotatable bonds is 7. The summed E-state index contributed by atoms with van der Waals surface area (Å²) in [6, 6.07) is 14.5. The molecule has 1 N–H and O–H groups in total. The van der Waals surface area contributed by atoms with Crippen molar-refractivity contribution in [2.24, 2.45) is 0 Å². The van der Waals surface area contributed by atoms with Gasteiger partial charge < -0.3 is 10.1 Å². The van der Waals surface area contributed by atoms with Gasteiger partial charge >= 0.3 is 5.97 Å². The number of nitrogens with one attached hydrogen (secondary N) is 1. The lowest BCUT2D eigenvalue weighted by Gasteiger charge is -2.18. The third-order valence-electron chi connectivity index (χ3n) is 3.90. The zero-order valence-corrected chi connectivity index (χ0v) is 16.2. The molecule has 2 rings (SSSR count). The molecule has 0 radical (unpaired) electrons. The molecular weight excluding hydrogens is 373 g/mol. The third kappa shape index (κ3) is 6.04. The molecule has 0 fully saturated rings. The van der Waals surface area contributed by atoms with Crippen LogP contribution in [0.25, 0.3) is 0 Å². The van der Waals surface area contributed by atoms with Gasteiger partial charge in [0, 0.05) is 11.1 Å². The van der Waals surface area contributed by atoms with Crippen LogP contribution in [0, 0.1) is 0 Å². The molecule has 6 heteroatoms. The Morgan fingerprint density at radius 2 is 1.77 bits per heavy atom. The van der Waals surface area contributed by atoms with Gasteiger partial charge in [-0.25, -0.2) is 4.79 Å². The summed E-state index contributed by atoms with van der Waals surface area (Å²) in [7, 11) is 0. The number of ether oxygens (including phenoxy) is 1. The van der Waals surface area contributed by atoms with Gasteiger partial charge in [0.1, 0.15) is 0 Å². The van der Waals surface area contributed by atoms with Crippen molar-refractivity contribution in [2.75, 3.05) is 0 Å². The predicted molar refractivity (Wildman–Crippen MR) is 104 cm³/mol. The molecule has 0 aromatic heterocycles. The van der Waals surface area contributed by atoms with Crippen molar-refractivity contribution >= 4 is 35.1 Å². The maximum absolute atomic E-state index is 12.2. The number of amides is 1. The minimum atomic E-state index is -0.923. The lowest BCUT2D eigenvalue weighted by molar-refractivity contribution is -0.129. The first-order valence-corrected chi connectivity index (χ1v) is 9.12. The van der Waals surface area contributed by atoms with E-state index < -0.39 is 12.1 Å². The smallest absolute Gasteiger partial charge is 0.340 e. The van der Waals surface area contributed by atoms with E-state index in [-0.39, 0.29) is 22.5 Å². The number of hydrogen-bond acceptors (Lipinski definition) is 3. The molecule has 0 heterocycles. The molecule has 2 aromatic rings. The van der Waals surface area contributed by atoms with Gasteiger partial charge in [-0.15, -0.1) is 0 Å². The minimum Gasteiger partial charge on any atom is -0.449 e. The van der Waals surface area contributed by atoms with Crippen molar-refractivity contribution in [1.29, 1.82) is 0 Å². The normalized spacial score (nSPS) is 12.9. The minimum absolute atomic E-state index is 0.0389. The predicted octanol–water partition coefficient (Wildman–Crippen LogP) is 4.68. The van der Waals surface area contributed by atoms with Crippen LogP contribution in [0.4, 0.5) is 0 Å². The van der Waals surface area contributed by atoms with Gasteiger partial charge in [0.2, 0.25) is 0 Å². The Kier molecular flexibility index (Phi) is 7.49. The summed E-state index contributed by atoms with van der Waals surface area (Å²) in [5.41, 5.74) is 1.39. The van der Waals surface area contributed by atoms with E-state index in [1.165, 1.54) is 24.6 Å². The average Bonchev–Trinajstić information content (AvgIpc) is 2.60. The van der Waals surface area contributed by atoms with E-state index in [0.717, 1.165) is 12.8 Å². The molecule has 138 valence electrons. The Hall–Kier alpha value is -2.04. The lowest BCUT2D eigenvalue weighted by Crippen LogP contribution is -2.41. The van der Waals surface area contributed by atoms with E-state index in [9.17, 15) is 9.59 Å². The Labute approximate surface area is 163 Å². The van der Waals surface area contributed by atoms with Gasteiger partial charge in [-0.05, 0) is 50.5 Å². The van der Waals surface area contributed by atoms with Crippen molar-refractivity contribution < 1.29 is 14.3 Å². The first-order chi connectivity index (χ1) is 12.4. The van der Waals surface area contributed by atoms with Crippen LogP contribution in [0.5, 0.6) is 0 Å². The molecule has 0 unspecified atom stereocenters. The fourth-order valence-corrected chi connectivity index (χ4v) is 2.88. The third-order valence-corrected chi connectivity index (χ3v) is 4.45. The SMILES string of the molecule is C[C@H](CCc1ccccc1)NC(=O)[C@H](C)OC(=O)c1ccc(Cl)cc1Cl. The van der Waals surface area contributed by atoms with Gasteiger partial charge in [0.15, 0.2) is 6.10 Å². The van der Waals surface area contributed by atoms with Gasteiger partial charge in [-0.1, -0.05) is 53.5 Å². The number of benzene rings is 2. The maximum Gasteiger partial charge on any atom is 0.340 e. The van der Waals surface area contributed by atoms with E-state index in [4.69, 9.17) is 27.9 Å². The molecule has 2 aromatic carbocycles. The summed E-state index contributed by atoms with van der Waals surface area (Å²) in [5, 5.41) is 3.47. The summed E-state index contributed by atoms with van der Waals surface area (Å²) < 4.78 is 5.20. The summed E-state index contributed by atoms with van der Waals surface area (Å²) >= 11 is 11.8. The lowest BCUT2D eigenvalue weighted by atomic mass is 10.1. The zero-order chi connectivity index (χ0) is 19.1. The molecule has 0 spiro atoms. The largest absolute Gasteiger partial charge is 0.449 e. The van der Waals surface area contributed by atoms with Gasteiger partial charge in [0.25, 0.3) is 5.91 Å². The monoisotopic (exact) mass is 393 g/mol. The number of halogens is 2. The highest BCUT2D eigenvalue weighted by Crippen LogP contribution is 2.22. The Morgan fingerprint density at radius 1 is 1.08 bits per heavy atom. The summed E-state index contributed by atoms with van der Waals surface area (Å²) in [6.07, 6.45) is 0.726. The second-order valence-corrected chi connectivity index (χ2v) is 6.95. The standard InChI is InChI=1S/C20H21Cl2NO3/c1-13(8-9-15-6-4-3-5-7-15)23-19(24)14(2)26-20(25)17-11-10-16(21)12-18(17)22/h3-7,10-14H,8-9H2,1-2H3,(H,23,24)/t13-,14+/m1/s1. The summed E-state index contributed by atoms with van der Waals surface area (Å²) in [5.74, 6) is -1.00. The first-order valence-electron chi connectivity index (χ1n) is 8.37. The number of carbonyl (C=O) groups excluding carboxylic acids is 2. The van der Waals surface area contributed by atoms with Gasteiger partial charge in [-0.2, -0.15) is 0 Å². The number of esters is 1. The van der Waals surface area contributed by atoms with E-state index >= 15 is 0 Å². The van der Waals surface area contributed by atoms with Crippen molar-refractivity contribution in [3.05, 3.63) is 69.7 Å². The second-order valence-electron chi connectivity index (χ2n) is 6.11. The van der Waals surface area contributed by atoms with Crippen LogP contribution in [0.3, 0.4) is 0 Å². The van der Waals surface area contributed by atoms with E-state index in [1.54, 1.807) is 6.07 Å². The number of carbonyl (C=O) groups is 2. The van der Waals surface area contributed by atoms with Crippen LogP contribution in [0.1, 0.15) is 36.2 Å². The van der Waals surface area contributed by atoms with Crippen LogP contribution in [-0.4, -0.2) is 24.0 Å². The molecule has 2 atom stereocenters. The molecule has 4 nitrogen and oxygen atoms in total. The maximum atomic E-state index is 12.2. The number of aryl methyl sites for hydroxylation is 1. The molecule has 0 aliphatic rings. The molecule has 0 bridgehead atoms. The van der Waals surface area contributed by atoms with Gasteiger partial charge in [-0.3, -0.25) is 4.79 Å². The summed E-state index contributed by atoms with van der Waals surface area (Å²) in [4.78, 5) is 24.4. The molecule has 0 aliphatic carbocycles. The second kappa shape index (κ2) is 9.60. The Bertz CT molecular complexity index is 765. The van der Waals surface area contributed by atoms with Crippen molar-refractivity contribution in [1.82, 2.24) is 5.32 Å². The van der Waals surface area contributed by atoms with Crippen molar-refractivity contribution in [3.8, 4) is 0 Å². The molecule has 0 aliphatic heterocycles. The Balaban J connectivity index is 1.83. The van der Waals surface area contributed by atoms with Crippen molar-refractivity contribution in [2.45, 2.75) is 38.8 Å². The summed E-state index contributed by atoms with van der Waals surface area (Å²) in [6.45, 7) is 3.45. The van der Waals surface area contributed by atoms with E-state index in [2.05, 4.69) is 17.4 Å². The van der Waals surface area contributed by atoms with Crippen LogP contribution in [-0.2, 0) is 16.0 Å². The quantitative estimate of drug-likeness (QED) is 0.694. The zero-order valence-electron chi connectivity index (χ0n) is 14.7. The van der Waals surface area contributed by atoms with E-state index in [1.807, 2.05) is 25.1 Å². The molecule has 1 amide bonds. The van der Waals surface area contributed by atoms with Crippen LogP contribution in [0.2, 0.25) is 10.0 Å². The molecular formula is C20H21Cl2NO3. The van der Waals surface area contributed by atoms with Gasteiger partial charge in [0.05, 0.1) is 10.6 Å². The van der Waals surface area contributed by atoms with Crippen LogP contribution < -0.4 is 5.32 Å². The topological polar surface area (TPSA) is 55.4 Å². The average molecular weight is 394 g/mol. The highest BCUT2D eigenvalue weighted by Gasteiger charge is 2.21. The molecule has 26 heavy (non-hydrogen) atoms. The van der Waals surface area contributed by atoms with Crippen molar-refractivity contribution in [3.63, 3.8) is 0 Å². The molecule has 0 saturated carbocycles. The number of hydrogen-bond donors (Lipinski definition) is 1. The Morgan fingerprint density at radius 3 is 2.42 bits per heavy atom. The van der Waals surface area contributed by atoms with Crippen LogP contribution in [0.15, 0.2) is 48.5 Å².